The van der Waals surface area contributed by atoms with Gasteiger partial charge in [0, 0.05) is 24.0 Å². The van der Waals surface area contributed by atoms with Gasteiger partial charge in [0.25, 0.3) is 0 Å². The third kappa shape index (κ3) is 6.94. The zero-order chi connectivity index (χ0) is 14.5. The molecular weight excluding hydrogens is 328 g/mol. The van der Waals surface area contributed by atoms with Crippen LogP contribution in [-0.2, 0) is 4.74 Å². The fourth-order valence-electron chi connectivity index (χ4n) is 1.43. The first-order valence-electron chi connectivity index (χ1n) is 6.23. The Balaban J connectivity index is 2.19. The molecule has 1 unspecified atom stereocenters. The van der Waals surface area contributed by atoms with Crippen LogP contribution in [0.5, 0.6) is 0 Å². The minimum atomic E-state index is -0.450. The molecule has 0 aliphatic heterocycles. The number of amides is 1. The average Bonchev–Trinajstić information content (AvgIpc) is 2.68. The maximum atomic E-state index is 11.4. The molecule has 19 heavy (non-hydrogen) atoms. The van der Waals surface area contributed by atoms with Crippen LogP contribution < -0.4 is 10.6 Å². The number of halogens is 1. The predicted octanol–water partition coefficient (Wildman–Crippen LogP) is 3.69. The normalized spacial score (nSPS) is 13.1. The Morgan fingerprint density at radius 2 is 2.11 bits per heavy atom. The van der Waals surface area contributed by atoms with Crippen molar-refractivity contribution in [3.63, 3.8) is 0 Å². The number of ether oxygens (including phenoxy) is 1. The third-order valence-electron chi connectivity index (χ3n) is 2.26. The number of hydrogen-bond acceptors (Lipinski definition) is 4. The molecule has 1 aromatic heterocycles. The van der Waals surface area contributed by atoms with Crippen molar-refractivity contribution in [2.24, 2.45) is 0 Å². The first-order chi connectivity index (χ1) is 8.78. The minimum absolute atomic E-state index is 0.275. The number of thiophene rings is 1. The van der Waals surface area contributed by atoms with E-state index in [0.29, 0.717) is 13.1 Å². The SMILES string of the molecule is CC(NCCNC(=O)OC(C)(C)C)c1ccc(Br)s1. The van der Waals surface area contributed by atoms with E-state index >= 15 is 0 Å². The molecule has 6 heteroatoms. The molecule has 1 aromatic rings. The van der Waals surface area contributed by atoms with Crippen LogP contribution in [0, 0.1) is 0 Å². The summed E-state index contributed by atoms with van der Waals surface area (Å²) in [6.45, 7) is 8.90. The summed E-state index contributed by atoms with van der Waals surface area (Å²) in [5.41, 5.74) is -0.450. The van der Waals surface area contributed by atoms with E-state index < -0.39 is 5.60 Å². The van der Waals surface area contributed by atoms with Gasteiger partial charge in [0.1, 0.15) is 5.60 Å². The van der Waals surface area contributed by atoms with Gasteiger partial charge in [0.05, 0.1) is 3.79 Å². The first kappa shape index (κ1) is 16.5. The molecular formula is C13H21BrN2O2S. The summed E-state index contributed by atoms with van der Waals surface area (Å²) >= 11 is 5.16. The number of rotatable bonds is 5. The average molecular weight is 349 g/mol. The highest BCUT2D eigenvalue weighted by Crippen LogP contribution is 2.26. The summed E-state index contributed by atoms with van der Waals surface area (Å²) in [5, 5.41) is 6.07. The molecule has 2 N–H and O–H groups in total. The maximum absolute atomic E-state index is 11.4. The Bertz CT molecular complexity index is 415. The highest BCUT2D eigenvalue weighted by molar-refractivity contribution is 9.11. The fourth-order valence-corrected chi connectivity index (χ4v) is 2.88. The molecule has 0 aliphatic rings. The van der Waals surface area contributed by atoms with Gasteiger partial charge in [-0.25, -0.2) is 4.79 Å². The zero-order valence-electron chi connectivity index (χ0n) is 11.7. The lowest BCUT2D eigenvalue weighted by Crippen LogP contribution is -2.36. The van der Waals surface area contributed by atoms with Crippen LogP contribution in [0.2, 0.25) is 0 Å². The lowest BCUT2D eigenvalue weighted by molar-refractivity contribution is 0.0528. The van der Waals surface area contributed by atoms with Gasteiger partial charge in [-0.2, -0.15) is 0 Å². The molecule has 0 saturated carbocycles. The Morgan fingerprint density at radius 1 is 1.42 bits per heavy atom. The molecule has 108 valence electrons. The Kier molecular flexibility index (Phi) is 6.29. The Morgan fingerprint density at radius 3 is 2.63 bits per heavy atom. The summed E-state index contributed by atoms with van der Waals surface area (Å²) in [6, 6.07) is 4.40. The van der Waals surface area contributed by atoms with Crippen molar-refractivity contribution >= 4 is 33.4 Å². The number of carbonyl (C=O) groups excluding carboxylic acids is 1. The number of alkyl carbamates (subject to hydrolysis) is 1. The summed E-state index contributed by atoms with van der Waals surface area (Å²) in [7, 11) is 0. The van der Waals surface area contributed by atoms with E-state index in [9.17, 15) is 4.79 Å². The molecule has 1 rings (SSSR count). The zero-order valence-corrected chi connectivity index (χ0v) is 14.2. The smallest absolute Gasteiger partial charge is 0.407 e. The van der Waals surface area contributed by atoms with Gasteiger partial charge in [-0.15, -0.1) is 11.3 Å². The van der Waals surface area contributed by atoms with Crippen molar-refractivity contribution in [3.05, 3.63) is 20.8 Å². The number of hydrogen-bond donors (Lipinski definition) is 2. The second kappa shape index (κ2) is 7.26. The molecule has 0 aliphatic carbocycles. The summed E-state index contributed by atoms with van der Waals surface area (Å²) in [4.78, 5) is 12.7. The summed E-state index contributed by atoms with van der Waals surface area (Å²) in [5.74, 6) is 0. The highest BCUT2D eigenvalue weighted by atomic mass is 79.9. The van der Waals surface area contributed by atoms with Crippen molar-refractivity contribution < 1.29 is 9.53 Å². The van der Waals surface area contributed by atoms with E-state index in [2.05, 4.69) is 39.6 Å². The maximum Gasteiger partial charge on any atom is 0.407 e. The Hall–Kier alpha value is -0.590. The van der Waals surface area contributed by atoms with E-state index in [-0.39, 0.29) is 12.1 Å². The first-order valence-corrected chi connectivity index (χ1v) is 7.84. The molecule has 0 aromatic carbocycles. The van der Waals surface area contributed by atoms with Gasteiger partial charge < -0.3 is 15.4 Å². The van der Waals surface area contributed by atoms with Crippen LogP contribution >= 0.6 is 27.3 Å². The quantitative estimate of drug-likeness (QED) is 0.798. The van der Waals surface area contributed by atoms with E-state index in [0.717, 1.165) is 3.79 Å². The van der Waals surface area contributed by atoms with Crippen LogP contribution in [0.1, 0.15) is 38.6 Å². The standard InChI is InChI=1S/C13H21BrN2O2S/c1-9(10-5-6-11(14)19-10)15-7-8-16-12(17)18-13(2,3)4/h5-6,9,15H,7-8H2,1-4H3,(H,16,17). The highest BCUT2D eigenvalue weighted by Gasteiger charge is 2.15. The summed E-state index contributed by atoms with van der Waals surface area (Å²) in [6.07, 6.45) is -0.374. The monoisotopic (exact) mass is 348 g/mol. The van der Waals surface area contributed by atoms with Crippen molar-refractivity contribution in [1.82, 2.24) is 10.6 Å². The van der Waals surface area contributed by atoms with Crippen LogP contribution in [0.15, 0.2) is 15.9 Å². The molecule has 1 atom stereocenters. The number of carbonyl (C=O) groups is 1. The van der Waals surface area contributed by atoms with E-state index in [1.807, 2.05) is 26.8 Å². The van der Waals surface area contributed by atoms with Crippen molar-refractivity contribution in [3.8, 4) is 0 Å². The van der Waals surface area contributed by atoms with E-state index in [4.69, 9.17) is 4.74 Å². The molecule has 0 fully saturated rings. The number of nitrogens with one attached hydrogen (secondary N) is 2. The van der Waals surface area contributed by atoms with Crippen LogP contribution in [-0.4, -0.2) is 24.8 Å². The van der Waals surface area contributed by atoms with Crippen molar-refractivity contribution in [2.45, 2.75) is 39.3 Å². The van der Waals surface area contributed by atoms with Crippen LogP contribution in [0.25, 0.3) is 0 Å². The Labute approximate surface area is 127 Å². The van der Waals surface area contributed by atoms with E-state index in [1.54, 1.807) is 11.3 Å². The van der Waals surface area contributed by atoms with Gasteiger partial charge in [-0.1, -0.05) is 0 Å². The topological polar surface area (TPSA) is 50.4 Å². The largest absolute Gasteiger partial charge is 0.444 e. The van der Waals surface area contributed by atoms with Gasteiger partial charge >= 0.3 is 6.09 Å². The molecule has 0 spiro atoms. The van der Waals surface area contributed by atoms with Crippen molar-refractivity contribution in [1.29, 1.82) is 0 Å². The molecule has 4 nitrogen and oxygen atoms in total. The lowest BCUT2D eigenvalue weighted by Gasteiger charge is -2.20. The molecule has 0 bridgehead atoms. The summed E-state index contributed by atoms with van der Waals surface area (Å²) < 4.78 is 6.28. The van der Waals surface area contributed by atoms with Gasteiger partial charge in [0.15, 0.2) is 0 Å². The fraction of sp³-hybridized carbons (Fsp3) is 0.615. The van der Waals surface area contributed by atoms with Crippen LogP contribution in [0.4, 0.5) is 4.79 Å². The molecule has 0 saturated heterocycles. The second-order valence-corrected chi connectivity index (χ2v) is 7.74. The predicted molar refractivity (Wildman–Crippen MR) is 82.7 cm³/mol. The minimum Gasteiger partial charge on any atom is -0.444 e. The second-order valence-electron chi connectivity index (χ2n) is 5.25. The van der Waals surface area contributed by atoms with Gasteiger partial charge in [-0.3, -0.25) is 0 Å². The van der Waals surface area contributed by atoms with E-state index in [1.165, 1.54) is 4.88 Å². The van der Waals surface area contributed by atoms with Crippen molar-refractivity contribution in [2.75, 3.05) is 13.1 Å². The molecule has 1 heterocycles. The molecule has 0 radical (unpaired) electrons. The van der Waals surface area contributed by atoms with Crippen LogP contribution in [0.3, 0.4) is 0 Å². The third-order valence-corrected chi connectivity index (χ3v) is 4.07. The lowest BCUT2D eigenvalue weighted by atomic mass is 10.2. The van der Waals surface area contributed by atoms with Gasteiger partial charge in [-0.05, 0) is 55.8 Å². The van der Waals surface area contributed by atoms with Gasteiger partial charge in [0.2, 0.25) is 0 Å². The molecule has 1 amide bonds.